The van der Waals surface area contributed by atoms with Crippen LogP contribution in [0.5, 0.6) is 5.75 Å². The van der Waals surface area contributed by atoms with Crippen molar-refractivity contribution in [3.8, 4) is 11.8 Å². The molecule has 1 amide bonds. The summed E-state index contributed by atoms with van der Waals surface area (Å²) < 4.78 is 27.4. The first-order chi connectivity index (χ1) is 9.25. The first kappa shape index (κ1) is 16.5. The summed E-state index contributed by atoms with van der Waals surface area (Å²) in [6.07, 6.45) is 0. The molecule has 0 atom stereocenters. The van der Waals surface area contributed by atoms with E-state index in [2.05, 4.69) is 5.32 Å². The minimum absolute atomic E-state index is 0.0483. The summed E-state index contributed by atoms with van der Waals surface area (Å²) in [7, 11) is -3.95. The van der Waals surface area contributed by atoms with E-state index in [1.165, 1.54) is 0 Å². The number of primary sulfonamides is 1. The molecule has 0 fully saturated rings. The lowest BCUT2D eigenvalue weighted by atomic mass is 10.3. The number of carbonyl (C=O) groups is 1. The maximum atomic E-state index is 11.2. The molecule has 0 saturated carbocycles. The fourth-order valence-corrected chi connectivity index (χ4v) is 2.46. The molecule has 1 aromatic carbocycles. The van der Waals surface area contributed by atoms with E-state index in [1.54, 1.807) is 6.07 Å². The average Bonchev–Trinajstić information content (AvgIpc) is 2.34. The quantitative estimate of drug-likeness (QED) is 0.764. The Morgan fingerprint density at radius 3 is 2.40 bits per heavy atom. The van der Waals surface area contributed by atoms with E-state index in [1.807, 2.05) is 0 Å². The van der Waals surface area contributed by atoms with Gasteiger partial charge in [0.2, 0.25) is 10.0 Å². The van der Waals surface area contributed by atoms with E-state index in [0.717, 1.165) is 12.1 Å². The van der Waals surface area contributed by atoms with Crippen molar-refractivity contribution in [3.05, 3.63) is 22.2 Å². The zero-order valence-corrected chi connectivity index (χ0v) is 12.2. The molecule has 0 aliphatic heterocycles. The number of nitriles is 1. The van der Waals surface area contributed by atoms with Crippen molar-refractivity contribution in [1.82, 2.24) is 5.32 Å². The Morgan fingerprint density at radius 2 is 1.95 bits per heavy atom. The Kier molecular flexibility index (Phi) is 5.59. The molecule has 0 heterocycles. The normalized spacial score (nSPS) is 10.7. The monoisotopic (exact) mass is 337 g/mol. The Balaban J connectivity index is 2.88. The maximum absolute atomic E-state index is 11.2. The van der Waals surface area contributed by atoms with Gasteiger partial charge in [-0.25, -0.2) is 13.6 Å². The number of nitrogens with two attached hydrogens (primary N) is 1. The highest BCUT2D eigenvalue weighted by atomic mass is 35.5. The molecule has 0 aliphatic carbocycles. The van der Waals surface area contributed by atoms with Gasteiger partial charge in [-0.05, 0) is 12.1 Å². The molecule has 0 saturated heterocycles. The summed E-state index contributed by atoms with van der Waals surface area (Å²) in [5.41, 5.74) is 0. The number of ether oxygens (including phenoxy) is 1. The summed E-state index contributed by atoms with van der Waals surface area (Å²) in [4.78, 5) is 11.0. The number of hydrogen-bond donors (Lipinski definition) is 2. The molecule has 10 heteroatoms. The number of nitrogens with one attached hydrogen (secondary N) is 1. The third-order valence-corrected chi connectivity index (χ3v) is 3.47. The van der Waals surface area contributed by atoms with Crippen molar-refractivity contribution < 1.29 is 17.9 Å². The number of rotatable bonds is 5. The van der Waals surface area contributed by atoms with E-state index in [9.17, 15) is 13.2 Å². The van der Waals surface area contributed by atoms with Gasteiger partial charge < -0.3 is 10.1 Å². The predicted octanol–water partition coefficient (Wildman–Crippen LogP) is 0.659. The molecular formula is C10H9Cl2N3O4S. The second-order valence-electron chi connectivity index (χ2n) is 3.48. The molecule has 3 N–H and O–H groups in total. The van der Waals surface area contributed by atoms with Crippen LogP contribution in [0, 0.1) is 11.3 Å². The molecule has 1 aromatic rings. The summed E-state index contributed by atoms with van der Waals surface area (Å²) >= 11 is 11.6. The van der Waals surface area contributed by atoms with E-state index in [4.69, 9.17) is 38.3 Å². The summed E-state index contributed by atoms with van der Waals surface area (Å²) in [5.74, 6) is -0.595. The van der Waals surface area contributed by atoms with E-state index in [0.29, 0.717) is 0 Å². The van der Waals surface area contributed by atoms with Gasteiger partial charge in [0.25, 0.3) is 5.91 Å². The standard InChI is InChI=1S/C10H9Cl2N3O4S/c11-7-3-6(20(14,17)18)4-8(12)10(7)19-5-9(16)15-2-1-13/h3-4H,2,5H2,(H,15,16)(H2,14,17,18). The zero-order valence-electron chi connectivity index (χ0n) is 9.89. The number of hydrogen-bond acceptors (Lipinski definition) is 5. The molecule has 0 aromatic heterocycles. The number of nitrogens with zero attached hydrogens (tertiary/aromatic N) is 1. The minimum Gasteiger partial charge on any atom is -0.481 e. The minimum atomic E-state index is -3.95. The van der Waals surface area contributed by atoms with E-state index in [-0.39, 0.29) is 27.2 Å². The van der Waals surface area contributed by atoms with Crippen molar-refractivity contribution in [2.24, 2.45) is 5.14 Å². The third-order valence-electron chi connectivity index (χ3n) is 2.01. The van der Waals surface area contributed by atoms with E-state index >= 15 is 0 Å². The van der Waals surface area contributed by atoms with Crippen molar-refractivity contribution in [2.75, 3.05) is 13.2 Å². The van der Waals surface area contributed by atoms with Gasteiger partial charge in [0.05, 0.1) is 21.0 Å². The van der Waals surface area contributed by atoms with Crippen molar-refractivity contribution in [2.45, 2.75) is 4.90 Å². The van der Waals surface area contributed by atoms with Crippen LogP contribution in [0.25, 0.3) is 0 Å². The van der Waals surface area contributed by atoms with Gasteiger partial charge in [-0.2, -0.15) is 5.26 Å². The Labute approximate surface area is 125 Å². The number of amides is 1. The SMILES string of the molecule is N#CCNC(=O)COc1c(Cl)cc(S(N)(=O)=O)cc1Cl. The lowest BCUT2D eigenvalue weighted by Crippen LogP contribution is -2.29. The lowest BCUT2D eigenvalue weighted by molar-refractivity contribution is -0.122. The Bertz CT molecular complexity index is 647. The highest BCUT2D eigenvalue weighted by Gasteiger charge is 2.16. The fraction of sp³-hybridized carbons (Fsp3) is 0.200. The van der Waals surface area contributed by atoms with Crippen LogP contribution in [-0.4, -0.2) is 27.5 Å². The van der Waals surface area contributed by atoms with Crippen molar-refractivity contribution in [3.63, 3.8) is 0 Å². The van der Waals surface area contributed by atoms with Gasteiger partial charge in [-0.1, -0.05) is 23.2 Å². The lowest BCUT2D eigenvalue weighted by Gasteiger charge is -2.10. The van der Waals surface area contributed by atoms with Crippen LogP contribution in [0.4, 0.5) is 0 Å². The van der Waals surface area contributed by atoms with Gasteiger partial charge in [0.1, 0.15) is 6.54 Å². The Morgan fingerprint density at radius 1 is 1.40 bits per heavy atom. The molecule has 20 heavy (non-hydrogen) atoms. The topological polar surface area (TPSA) is 122 Å². The van der Waals surface area contributed by atoms with Crippen LogP contribution < -0.4 is 15.2 Å². The summed E-state index contributed by atoms with van der Waals surface area (Å²) in [5, 5.41) is 15.3. The highest BCUT2D eigenvalue weighted by molar-refractivity contribution is 7.89. The molecule has 0 unspecified atom stereocenters. The van der Waals surface area contributed by atoms with Crippen LogP contribution in [0.1, 0.15) is 0 Å². The molecule has 0 bridgehead atoms. The van der Waals surface area contributed by atoms with Gasteiger partial charge in [0.15, 0.2) is 12.4 Å². The van der Waals surface area contributed by atoms with Crippen molar-refractivity contribution in [1.29, 1.82) is 5.26 Å². The predicted molar refractivity (Wildman–Crippen MR) is 72.0 cm³/mol. The van der Waals surface area contributed by atoms with Gasteiger partial charge in [0, 0.05) is 0 Å². The smallest absolute Gasteiger partial charge is 0.258 e. The molecule has 7 nitrogen and oxygen atoms in total. The number of halogens is 2. The first-order valence-electron chi connectivity index (χ1n) is 5.04. The van der Waals surface area contributed by atoms with Crippen LogP contribution in [0.3, 0.4) is 0 Å². The van der Waals surface area contributed by atoms with Gasteiger partial charge in [-0.15, -0.1) is 0 Å². The number of sulfonamides is 1. The molecule has 108 valence electrons. The molecule has 0 aliphatic rings. The summed E-state index contributed by atoms with van der Waals surface area (Å²) in [6, 6.07) is 3.85. The fourth-order valence-electron chi connectivity index (χ4n) is 1.17. The zero-order chi connectivity index (χ0) is 15.3. The van der Waals surface area contributed by atoms with Crippen LogP contribution in [-0.2, 0) is 14.8 Å². The molecule has 1 rings (SSSR count). The van der Waals surface area contributed by atoms with Gasteiger partial charge in [-0.3, -0.25) is 4.79 Å². The van der Waals surface area contributed by atoms with E-state index < -0.39 is 22.5 Å². The third kappa shape index (κ3) is 4.54. The second kappa shape index (κ2) is 6.76. The average molecular weight is 338 g/mol. The molecule has 0 spiro atoms. The second-order valence-corrected chi connectivity index (χ2v) is 5.86. The van der Waals surface area contributed by atoms with Crippen LogP contribution in [0.2, 0.25) is 10.0 Å². The van der Waals surface area contributed by atoms with Crippen LogP contribution in [0.15, 0.2) is 17.0 Å². The highest BCUT2D eigenvalue weighted by Crippen LogP contribution is 2.35. The maximum Gasteiger partial charge on any atom is 0.258 e. The van der Waals surface area contributed by atoms with Gasteiger partial charge >= 0.3 is 0 Å². The Hall–Kier alpha value is -1.53. The molecular weight excluding hydrogens is 329 g/mol. The number of carbonyl (C=O) groups excluding carboxylic acids is 1. The van der Waals surface area contributed by atoms with Crippen LogP contribution >= 0.6 is 23.2 Å². The number of benzene rings is 1. The van der Waals surface area contributed by atoms with Crippen molar-refractivity contribution >= 4 is 39.1 Å². The summed E-state index contributed by atoms with van der Waals surface area (Å²) in [6.45, 7) is -0.580. The largest absolute Gasteiger partial charge is 0.481 e. The molecule has 0 radical (unpaired) electrons. The first-order valence-corrected chi connectivity index (χ1v) is 7.34.